The average molecular weight is 451 g/mol. The number of hydrogen-bond donors (Lipinski definition) is 0. The minimum absolute atomic E-state index is 0.170. The minimum atomic E-state index is -0.338. The van der Waals surface area contributed by atoms with Gasteiger partial charge in [-0.25, -0.2) is 4.98 Å². The molecule has 0 aliphatic heterocycles. The van der Waals surface area contributed by atoms with E-state index < -0.39 is 0 Å². The lowest BCUT2D eigenvalue weighted by atomic mass is 9.95. The summed E-state index contributed by atoms with van der Waals surface area (Å²) in [6.45, 7) is 9.09. The number of benzene rings is 2. The second-order valence-corrected chi connectivity index (χ2v) is 9.01. The van der Waals surface area contributed by atoms with Gasteiger partial charge in [-0.1, -0.05) is 54.9 Å². The fourth-order valence-electron chi connectivity index (χ4n) is 3.50. The van der Waals surface area contributed by atoms with Crippen LogP contribution in [0.1, 0.15) is 39.1 Å². The molecule has 0 aliphatic rings. The van der Waals surface area contributed by atoms with Crippen molar-refractivity contribution in [2.45, 2.75) is 39.7 Å². The Labute approximate surface area is 177 Å². The Hall–Kier alpha value is -2.73. The van der Waals surface area contributed by atoms with Crippen molar-refractivity contribution >= 4 is 44.0 Å². The predicted octanol–water partition coefficient (Wildman–Crippen LogP) is 5.31. The summed E-state index contributed by atoms with van der Waals surface area (Å²) in [5.41, 5.74) is 2.30. The number of hydrogen-bond acceptors (Lipinski definition) is 3. The van der Waals surface area contributed by atoms with Crippen LogP contribution in [0, 0.1) is 0 Å². The first-order valence-corrected chi connectivity index (χ1v) is 10.4. The van der Waals surface area contributed by atoms with Crippen molar-refractivity contribution < 1.29 is 0 Å². The summed E-state index contributed by atoms with van der Waals surface area (Å²) in [6.07, 6.45) is 3.83. The first-order valence-electron chi connectivity index (χ1n) is 9.64. The van der Waals surface area contributed by atoms with Crippen LogP contribution in [-0.4, -0.2) is 20.4 Å². The van der Waals surface area contributed by atoms with Gasteiger partial charge in [-0.3, -0.25) is 4.79 Å². The smallest absolute Gasteiger partial charge is 0.282 e. The van der Waals surface area contributed by atoms with E-state index in [0.29, 0.717) is 16.7 Å². The van der Waals surface area contributed by atoms with E-state index >= 15 is 0 Å². The third-order valence-corrected chi connectivity index (χ3v) is 5.44. The van der Waals surface area contributed by atoms with Crippen LogP contribution in [0.3, 0.4) is 0 Å². The van der Waals surface area contributed by atoms with Crippen molar-refractivity contribution in [2.75, 3.05) is 0 Å². The maximum Gasteiger partial charge on any atom is 0.282 e. The molecule has 0 N–H and O–H groups in total. The summed E-state index contributed by atoms with van der Waals surface area (Å²) in [4.78, 5) is 18.0. The van der Waals surface area contributed by atoms with Gasteiger partial charge in [-0.15, -0.1) is 0 Å². The van der Waals surface area contributed by atoms with E-state index in [4.69, 9.17) is 4.98 Å². The SMILES string of the molecule is CCn1cc(C=Nn2c(C(C)(C)C)nc3ccc(Br)cc3c2=O)c2ccccc21. The van der Waals surface area contributed by atoms with Crippen LogP contribution < -0.4 is 5.56 Å². The predicted molar refractivity (Wildman–Crippen MR) is 123 cm³/mol. The zero-order chi connectivity index (χ0) is 20.8. The second-order valence-electron chi connectivity index (χ2n) is 8.10. The Bertz CT molecular complexity index is 1310. The molecule has 4 aromatic rings. The van der Waals surface area contributed by atoms with Crippen molar-refractivity contribution in [1.82, 2.24) is 14.2 Å². The minimum Gasteiger partial charge on any atom is -0.347 e. The normalized spacial score (nSPS) is 12.4. The molecule has 148 valence electrons. The molecule has 2 aromatic heterocycles. The molecule has 29 heavy (non-hydrogen) atoms. The molecular formula is C23H23BrN4O. The molecule has 2 heterocycles. The lowest BCUT2D eigenvalue weighted by molar-refractivity contribution is 0.506. The molecule has 0 saturated carbocycles. The lowest BCUT2D eigenvalue weighted by Gasteiger charge is -2.20. The van der Waals surface area contributed by atoms with Gasteiger partial charge in [-0.2, -0.15) is 9.78 Å². The van der Waals surface area contributed by atoms with Crippen LogP contribution in [-0.2, 0) is 12.0 Å². The lowest BCUT2D eigenvalue weighted by Crippen LogP contribution is -2.29. The maximum atomic E-state index is 13.3. The van der Waals surface area contributed by atoms with Crippen LogP contribution in [0.15, 0.2) is 63.0 Å². The Morgan fingerprint density at radius 1 is 1.14 bits per heavy atom. The van der Waals surface area contributed by atoms with Crippen molar-refractivity contribution in [1.29, 1.82) is 0 Å². The largest absolute Gasteiger partial charge is 0.347 e. The van der Waals surface area contributed by atoms with E-state index in [1.807, 2.05) is 45.0 Å². The molecule has 0 saturated heterocycles. The van der Waals surface area contributed by atoms with Crippen molar-refractivity contribution in [3.8, 4) is 0 Å². The summed E-state index contributed by atoms with van der Waals surface area (Å²) in [7, 11) is 0. The van der Waals surface area contributed by atoms with Gasteiger partial charge in [0.25, 0.3) is 5.56 Å². The van der Waals surface area contributed by atoms with Gasteiger partial charge in [0.15, 0.2) is 0 Å². The summed E-state index contributed by atoms with van der Waals surface area (Å²) in [5, 5.41) is 6.26. The average Bonchev–Trinajstić information content (AvgIpc) is 3.05. The summed E-state index contributed by atoms with van der Waals surface area (Å²) in [6, 6.07) is 13.8. The first kappa shape index (κ1) is 19.6. The van der Waals surface area contributed by atoms with E-state index in [1.165, 1.54) is 4.68 Å². The van der Waals surface area contributed by atoms with Crippen LogP contribution in [0.2, 0.25) is 0 Å². The van der Waals surface area contributed by atoms with Crippen LogP contribution in [0.25, 0.3) is 21.8 Å². The molecule has 0 radical (unpaired) electrons. The highest BCUT2D eigenvalue weighted by atomic mass is 79.9. The number of fused-ring (bicyclic) bond motifs is 2. The van der Waals surface area contributed by atoms with Gasteiger partial charge in [0.1, 0.15) is 5.82 Å². The molecule has 0 amide bonds. The Morgan fingerprint density at radius 2 is 1.90 bits per heavy atom. The van der Waals surface area contributed by atoms with Crippen molar-refractivity contribution in [2.24, 2.45) is 5.10 Å². The van der Waals surface area contributed by atoms with Gasteiger partial charge in [0, 0.05) is 39.1 Å². The number of aryl methyl sites for hydroxylation is 1. The second kappa shape index (κ2) is 7.26. The monoisotopic (exact) mass is 450 g/mol. The zero-order valence-electron chi connectivity index (χ0n) is 17.0. The molecule has 2 aromatic carbocycles. The highest BCUT2D eigenvalue weighted by molar-refractivity contribution is 9.10. The van der Waals surface area contributed by atoms with Gasteiger partial charge >= 0.3 is 0 Å². The molecular weight excluding hydrogens is 428 g/mol. The van der Waals surface area contributed by atoms with E-state index in [2.05, 4.69) is 50.9 Å². The molecule has 0 aliphatic carbocycles. The Kier molecular flexibility index (Phi) is 4.90. The summed E-state index contributed by atoms with van der Waals surface area (Å²) < 4.78 is 4.46. The first-order chi connectivity index (χ1) is 13.8. The van der Waals surface area contributed by atoms with E-state index in [0.717, 1.165) is 27.5 Å². The van der Waals surface area contributed by atoms with E-state index in [-0.39, 0.29) is 11.0 Å². The maximum absolute atomic E-state index is 13.3. The highest BCUT2D eigenvalue weighted by Gasteiger charge is 2.23. The molecule has 0 spiro atoms. The van der Waals surface area contributed by atoms with E-state index in [9.17, 15) is 4.79 Å². The number of rotatable bonds is 3. The van der Waals surface area contributed by atoms with Crippen LogP contribution in [0.5, 0.6) is 0 Å². The number of halogens is 1. The molecule has 0 unspecified atom stereocenters. The highest BCUT2D eigenvalue weighted by Crippen LogP contribution is 2.24. The van der Waals surface area contributed by atoms with Gasteiger partial charge in [0.05, 0.1) is 17.1 Å². The fourth-order valence-corrected chi connectivity index (χ4v) is 3.86. The number of para-hydroxylation sites is 1. The topological polar surface area (TPSA) is 52.2 Å². The Morgan fingerprint density at radius 3 is 2.62 bits per heavy atom. The zero-order valence-corrected chi connectivity index (χ0v) is 18.6. The summed E-state index contributed by atoms with van der Waals surface area (Å²) >= 11 is 3.45. The molecule has 0 fully saturated rings. The van der Waals surface area contributed by atoms with Crippen molar-refractivity contribution in [3.05, 3.63) is 74.9 Å². The van der Waals surface area contributed by atoms with Crippen LogP contribution >= 0.6 is 15.9 Å². The fraction of sp³-hybridized carbons (Fsp3) is 0.261. The molecule has 6 heteroatoms. The van der Waals surface area contributed by atoms with Crippen molar-refractivity contribution in [3.63, 3.8) is 0 Å². The molecule has 0 bridgehead atoms. The molecule has 4 rings (SSSR count). The molecule has 5 nitrogen and oxygen atoms in total. The summed E-state index contributed by atoms with van der Waals surface area (Å²) in [5.74, 6) is 0.632. The van der Waals surface area contributed by atoms with Gasteiger partial charge in [0.2, 0.25) is 0 Å². The number of nitrogens with zero attached hydrogens (tertiary/aromatic N) is 4. The Balaban J connectivity index is 1.94. The number of aromatic nitrogens is 3. The quantitative estimate of drug-likeness (QED) is 0.397. The van der Waals surface area contributed by atoms with E-state index in [1.54, 1.807) is 12.3 Å². The molecule has 0 atom stereocenters. The van der Waals surface area contributed by atoms with Gasteiger partial charge in [-0.05, 0) is 31.2 Å². The van der Waals surface area contributed by atoms with Gasteiger partial charge < -0.3 is 4.57 Å². The standard InChI is InChI=1S/C23H23BrN4O/c1-5-27-14-15(17-8-6-7-9-20(17)27)13-25-28-21(29)18-12-16(24)10-11-19(18)26-22(28)23(2,3)4/h6-14H,5H2,1-4H3. The third kappa shape index (κ3) is 3.53. The third-order valence-electron chi connectivity index (χ3n) is 4.95. The van der Waals surface area contributed by atoms with Crippen LogP contribution in [0.4, 0.5) is 0 Å².